The van der Waals surface area contributed by atoms with Crippen molar-refractivity contribution in [1.29, 1.82) is 0 Å². The van der Waals surface area contributed by atoms with Gasteiger partial charge in [-0.05, 0) is 49.9 Å². The molecule has 2 amide bonds. The lowest BCUT2D eigenvalue weighted by molar-refractivity contribution is 0.158. The number of anilines is 2. The molecule has 13 nitrogen and oxygen atoms in total. The van der Waals surface area contributed by atoms with Gasteiger partial charge < -0.3 is 25.0 Å². The molecule has 2 atom stereocenters. The van der Waals surface area contributed by atoms with E-state index in [9.17, 15) is 14.4 Å². The molecule has 0 radical (unpaired) electrons. The van der Waals surface area contributed by atoms with E-state index in [4.69, 9.17) is 37.7 Å². The number of likely N-dealkylation sites (tertiary alicyclic amines) is 1. The van der Waals surface area contributed by atoms with E-state index in [-0.39, 0.29) is 23.0 Å². The van der Waals surface area contributed by atoms with Gasteiger partial charge in [-0.2, -0.15) is 0 Å². The maximum Gasteiger partial charge on any atom is 0.330 e. The van der Waals surface area contributed by atoms with Crippen LogP contribution in [0.4, 0.5) is 16.3 Å². The molecule has 55 heavy (non-hydrogen) atoms. The Morgan fingerprint density at radius 1 is 0.964 bits per heavy atom. The molecule has 2 N–H and O–H groups in total. The van der Waals surface area contributed by atoms with E-state index < -0.39 is 11.2 Å². The lowest BCUT2D eigenvalue weighted by atomic mass is 9.99. The molecule has 0 bridgehead atoms. The fraction of sp³-hybridized carbons (Fsp3) is 0.375. The number of nitrogens with one attached hydrogen (secondary N) is 2. The Morgan fingerprint density at radius 3 is 2.47 bits per heavy atom. The lowest BCUT2D eigenvalue weighted by Gasteiger charge is -2.28. The highest BCUT2D eigenvalue weighted by atomic mass is 35.5. The minimum absolute atomic E-state index is 0.0314. The molecule has 2 aliphatic heterocycles. The lowest BCUT2D eigenvalue weighted by Crippen LogP contribution is -2.46. The van der Waals surface area contributed by atoms with Gasteiger partial charge in [-0.1, -0.05) is 53.5 Å². The predicted molar refractivity (Wildman–Crippen MR) is 214 cm³/mol. The standard InChI is InChI=1S/C40H42Cl2N8O5/c1-22-18-30-32(37(51)48(3)39(53)47(30)2)35(43-22)44-27-11-7-9-25(34(27)42)24-8-6-10-26(33(24)41)28-19-23-12-13-29(31(23)36(45-28)55-5)49-15-14-40(20-49)21-50(16-17-54-4)38(52)46-40/h6-11,18-19,29H,12-17,20-21H2,1-5H3,(H,43,44)(H,46,52)/t29-,40-/m0/s1. The summed E-state index contributed by atoms with van der Waals surface area (Å²) in [4.78, 5) is 52.7. The molecule has 5 aromatic rings. The van der Waals surface area contributed by atoms with Gasteiger partial charge in [-0.15, -0.1) is 0 Å². The molecule has 2 aromatic carbocycles. The summed E-state index contributed by atoms with van der Waals surface area (Å²) in [6.07, 6.45) is 2.66. The molecule has 2 saturated heterocycles. The summed E-state index contributed by atoms with van der Waals surface area (Å²) in [6, 6.07) is 15.2. The van der Waals surface area contributed by atoms with Crippen molar-refractivity contribution < 1.29 is 14.3 Å². The quantitative estimate of drug-likeness (QED) is 0.189. The van der Waals surface area contributed by atoms with Crippen LogP contribution in [0.25, 0.3) is 33.3 Å². The van der Waals surface area contributed by atoms with Gasteiger partial charge in [-0.3, -0.25) is 18.8 Å². The minimum Gasteiger partial charge on any atom is -0.481 e. The first kappa shape index (κ1) is 37.0. The summed E-state index contributed by atoms with van der Waals surface area (Å²) in [6.45, 7) is 5.17. The second-order valence-corrected chi connectivity index (χ2v) is 15.4. The van der Waals surface area contributed by atoms with Crippen LogP contribution in [0.2, 0.25) is 10.0 Å². The van der Waals surface area contributed by atoms with Crippen molar-refractivity contribution in [2.45, 2.75) is 37.8 Å². The Hall–Kier alpha value is -4.95. The number of urea groups is 1. The third kappa shape index (κ3) is 6.32. The first-order chi connectivity index (χ1) is 26.4. The molecule has 15 heteroatoms. The molecule has 0 unspecified atom stereocenters. The zero-order chi connectivity index (χ0) is 38.8. The number of hydrogen-bond donors (Lipinski definition) is 2. The highest BCUT2D eigenvalue weighted by Crippen LogP contribution is 2.47. The van der Waals surface area contributed by atoms with Crippen molar-refractivity contribution in [2.24, 2.45) is 14.1 Å². The number of nitrogens with zero attached hydrogens (tertiary/aromatic N) is 6. The van der Waals surface area contributed by atoms with Gasteiger partial charge in [0.05, 0.1) is 46.2 Å². The summed E-state index contributed by atoms with van der Waals surface area (Å²) in [5.41, 5.74) is 5.50. The highest BCUT2D eigenvalue weighted by molar-refractivity contribution is 6.39. The van der Waals surface area contributed by atoms with E-state index >= 15 is 0 Å². The van der Waals surface area contributed by atoms with E-state index in [2.05, 4.69) is 26.6 Å². The Balaban J connectivity index is 1.10. The average Bonchev–Trinajstić information content (AvgIpc) is 3.88. The minimum atomic E-state index is -0.462. The van der Waals surface area contributed by atoms with Gasteiger partial charge in [0.2, 0.25) is 5.88 Å². The predicted octanol–water partition coefficient (Wildman–Crippen LogP) is 5.83. The van der Waals surface area contributed by atoms with Crippen LogP contribution >= 0.6 is 23.2 Å². The Labute approximate surface area is 327 Å². The summed E-state index contributed by atoms with van der Waals surface area (Å²) < 4.78 is 13.7. The normalized spacial score (nSPS) is 19.4. The number of pyridine rings is 2. The molecule has 2 fully saturated rings. The molecule has 1 spiro atoms. The Morgan fingerprint density at radius 2 is 1.71 bits per heavy atom. The maximum absolute atomic E-state index is 13.3. The number of carbonyl (C=O) groups excluding carboxylic acids is 1. The average molecular weight is 786 g/mol. The number of aryl methyl sites for hydroxylation is 3. The van der Waals surface area contributed by atoms with E-state index in [1.807, 2.05) is 35.2 Å². The number of benzene rings is 2. The van der Waals surface area contributed by atoms with Gasteiger partial charge in [0.1, 0.15) is 11.2 Å². The zero-order valence-electron chi connectivity index (χ0n) is 31.3. The summed E-state index contributed by atoms with van der Waals surface area (Å²) in [5, 5.41) is 7.67. The number of halogens is 2. The molecular formula is C40H42Cl2N8O5. The first-order valence-electron chi connectivity index (χ1n) is 18.2. The molecule has 3 aromatic heterocycles. The topological polar surface area (TPSA) is 136 Å². The number of ether oxygens (including phenoxy) is 2. The first-order valence-corrected chi connectivity index (χ1v) is 19.0. The van der Waals surface area contributed by atoms with E-state index in [1.54, 1.807) is 40.3 Å². The van der Waals surface area contributed by atoms with Crippen molar-refractivity contribution in [3.63, 3.8) is 0 Å². The number of fused-ring (bicyclic) bond motifs is 2. The van der Waals surface area contributed by atoms with E-state index in [0.29, 0.717) is 75.2 Å². The van der Waals surface area contributed by atoms with Crippen molar-refractivity contribution in [3.05, 3.63) is 96.2 Å². The van der Waals surface area contributed by atoms with Crippen LogP contribution in [-0.2, 0) is 25.3 Å². The van der Waals surface area contributed by atoms with Crippen LogP contribution in [0.5, 0.6) is 5.88 Å². The van der Waals surface area contributed by atoms with Crippen molar-refractivity contribution in [2.75, 3.05) is 52.3 Å². The number of methoxy groups -OCH3 is 2. The molecule has 1 aliphatic carbocycles. The number of rotatable bonds is 9. The Kier molecular flexibility index (Phi) is 9.61. The zero-order valence-corrected chi connectivity index (χ0v) is 32.8. The maximum atomic E-state index is 13.3. The molecule has 8 rings (SSSR count). The third-order valence-electron chi connectivity index (χ3n) is 11.3. The van der Waals surface area contributed by atoms with Crippen LogP contribution in [-0.4, -0.2) is 87.5 Å². The fourth-order valence-electron chi connectivity index (χ4n) is 8.51. The van der Waals surface area contributed by atoms with Gasteiger partial charge >= 0.3 is 11.7 Å². The molecule has 0 saturated carbocycles. The molecular weight excluding hydrogens is 743 g/mol. The van der Waals surface area contributed by atoms with Crippen LogP contribution in [0.3, 0.4) is 0 Å². The summed E-state index contributed by atoms with van der Waals surface area (Å²) in [7, 11) is 6.36. The largest absolute Gasteiger partial charge is 0.481 e. The van der Waals surface area contributed by atoms with Crippen molar-refractivity contribution >= 4 is 51.6 Å². The number of amides is 2. The smallest absolute Gasteiger partial charge is 0.330 e. The summed E-state index contributed by atoms with van der Waals surface area (Å²) >= 11 is 14.3. The Bertz CT molecular complexity index is 2500. The van der Waals surface area contributed by atoms with Crippen LogP contribution in [0.15, 0.2) is 58.1 Å². The number of hydrogen-bond acceptors (Lipinski definition) is 9. The molecule has 286 valence electrons. The highest BCUT2D eigenvalue weighted by Gasteiger charge is 2.49. The van der Waals surface area contributed by atoms with Gasteiger partial charge in [0.25, 0.3) is 5.56 Å². The SMILES string of the molecule is COCCN1C[C@@]2(CCN([C@H]3CCc4cc(-c5cccc(-c6cccc(Nc7nc(C)cc8c7c(=O)n(C)c(=O)n8C)c6Cl)c5Cl)nc(OC)c43)C2)NC1=O. The van der Waals surface area contributed by atoms with Crippen molar-refractivity contribution in [3.8, 4) is 28.3 Å². The monoisotopic (exact) mass is 784 g/mol. The fourth-order valence-corrected chi connectivity index (χ4v) is 9.11. The number of carbonyl (C=O) groups is 1. The summed E-state index contributed by atoms with van der Waals surface area (Å²) in [5.74, 6) is 0.860. The second-order valence-electron chi connectivity index (χ2n) is 14.7. The van der Waals surface area contributed by atoms with Crippen molar-refractivity contribution in [1.82, 2.24) is 34.2 Å². The number of aromatic nitrogens is 4. The molecule has 3 aliphatic rings. The second kappa shape index (κ2) is 14.3. The van der Waals surface area contributed by atoms with Gasteiger partial charge in [-0.25, -0.2) is 19.6 Å². The third-order valence-corrected chi connectivity index (χ3v) is 12.1. The van der Waals surface area contributed by atoms with Crippen LogP contribution in [0.1, 0.15) is 35.7 Å². The van der Waals surface area contributed by atoms with Gasteiger partial charge in [0, 0.05) is 81.4 Å². The van der Waals surface area contributed by atoms with E-state index in [1.165, 1.54) is 11.6 Å². The molecule has 5 heterocycles. The van der Waals surface area contributed by atoms with E-state index in [0.717, 1.165) is 53.6 Å². The van der Waals surface area contributed by atoms with Crippen LogP contribution in [0, 0.1) is 6.92 Å². The van der Waals surface area contributed by atoms with Gasteiger partial charge in [0.15, 0.2) is 0 Å². The van der Waals surface area contributed by atoms with Crippen LogP contribution < -0.4 is 26.6 Å².